The summed E-state index contributed by atoms with van der Waals surface area (Å²) in [5.74, 6) is 0.965. The van der Waals surface area contributed by atoms with Crippen LogP contribution in [0.15, 0.2) is 17.1 Å². The van der Waals surface area contributed by atoms with Crippen LogP contribution in [0.5, 0.6) is 5.75 Å². The fraction of sp³-hybridized carbons (Fsp3) is 0.667. The highest BCUT2D eigenvalue weighted by Gasteiger charge is 2.18. The Labute approximate surface area is 142 Å². The van der Waals surface area contributed by atoms with Crippen LogP contribution in [0.25, 0.3) is 0 Å². The second kappa shape index (κ2) is 9.75. The first-order valence-electron chi connectivity index (χ1n) is 9.48. The van der Waals surface area contributed by atoms with E-state index in [9.17, 15) is 5.11 Å². The predicted octanol–water partition coefficient (Wildman–Crippen LogP) is 6.14. The molecular weight excluding hydrogens is 282 g/mol. The van der Waals surface area contributed by atoms with Crippen molar-refractivity contribution < 1.29 is 5.11 Å². The number of benzene rings is 1. The number of hydrogen-bond acceptors (Lipinski definition) is 2. The molecule has 1 aromatic rings. The predicted molar refractivity (Wildman–Crippen MR) is 99.9 cm³/mol. The van der Waals surface area contributed by atoms with Gasteiger partial charge in [-0.1, -0.05) is 69.9 Å². The van der Waals surface area contributed by atoms with Crippen molar-refractivity contribution >= 4 is 6.21 Å². The first-order chi connectivity index (χ1) is 11.2. The molecule has 2 rings (SSSR count). The molecule has 1 aromatic carbocycles. The van der Waals surface area contributed by atoms with E-state index in [0.29, 0.717) is 11.7 Å². The third kappa shape index (κ3) is 5.37. The van der Waals surface area contributed by atoms with Gasteiger partial charge in [0.25, 0.3) is 0 Å². The number of aromatic hydroxyl groups is 1. The van der Waals surface area contributed by atoms with Gasteiger partial charge in [0, 0.05) is 18.8 Å². The molecule has 2 nitrogen and oxygen atoms in total. The number of phenolic OH excluding ortho intramolecular Hbond substituents is 1. The minimum absolute atomic E-state index is 0.465. The van der Waals surface area contributed by atoms with Crippen LogP contribution < -0.4 is 0 Å². The Morgan fingerprint density at radius 1 is 0.913 bits per heavy atom. The highest BCUT2D eigenvalue weighted by molar-refractivity contribution is 5.86. The average molecular weight is 316 g/mol. The van der Waals surface area contributed by atoms with Crippen molar-refractivity contribution in [3.05, 3.63) is 28.8 Å². The van der Waals surface area contributed by atoms with Gasteiger partial charge in [-0.25, -0.2) is 0 Å². The Kier molecular flexibility index (Phi) is 7.64. The van der Waals surface area contributed by atoms with Crippen LogP contribution in [0.3, 0.4) is 0 Å². The minimum atomic E-state index is 0.465. The molecule has 0 aliphatic heterocycles. The molecule has 0 spiro atoms. The van der Waals surface area contributed by atoms with E-state index in [-0.39, 0.29) is 0 Å². The molecule has 0 atom stereocenters. The van der Waals surface area contributed by atoms with Crippen molar-refractivity contribution in [2.24, 2.45) is 4.99 Å². The largest absolute Gasteiger partial charge is 0.507 e. The SMILES string of the molecule is CN=Cc1c(C)ccc(C2CCCCCCCCCCC2)c1O. The first-order valence-corrected chi connectivity index (χ1v) is 9.48. The molecule has 0 saturated heterocycles. The minimum Gasteiger partial charge on any atom is -0.507 e. The van der Waals surface area contributed by atoms with Crippen molar-refractivity contribution in [1.82, 2.24) is 0 Å². The van der Waals surface area contributed by atoms with Gasteiger partial charge < -0.3 is 5.11 Å². The quantitative estimate of drug-likeness (QED) is 0.653. The van der Waals surface area contributed by atoms with Gasteiger partial charge in [-0.05, 0) is 36.8 Å². The number of rotatable bonds is 2. The van der Waals surface area contributed by atoms with E-state index in [1.165, 1.54) is 70.6 Å². The Hall–Kier alpha value is -1.31. The number of hydrogen-bond donors (Lipinski definition) is 1. The summed E-state index contributed by atoms with van der Waals surface area (Å²) in [6.07, 6.45) is 16.4. The van der Waals surface area contributed by atoms with Gasteiger partial charge in [-0.2, -0.15) is 0 Å². The van der Waals surface area contributed by atoms with Crippen LogP contribution >= 0.6 is 0 Å². The summed E-state index contributed by atoms with van der Waals surface area (Å²) in [6.45, 7) is 2.04. The number of nitrogens with zero attached hydrogens (tertiary/aromatic N) is 1. The maximum Gasteiger partial charge on any atom is 0.128 e. The lowest BCUT2D eigenvalue weighted by Crippen LogP contribution is -2.03. The summed E-state index contributed by atoms with van der Waals surface area (Å²) in [7, 11) is 1.77. The summed E-state index contributed by atoms with van der Waals surface area (Å²) in [6, 6.07) is 4.29. The molecule has 0 unspecified atom stereocenters. The Balaban J connectivity index is 2.16. The molecule has 0 radical (unpaired) electrons. The van der Waals surface area contributed by atoms with E-state index in [0.717, 1.165) is 16.7 Å². The Bertz CT molecular complexity index is 495. The zero-order valence-electron chi connectivity index (χ0n) is 15.0. The molecule has 0 aromatic heterocycles. The van der Waals surface area contributed by atoms with Crippen LogP contribution in [0.4, 0.5) is 0 Å². The number of aliphatic imine (C=N–C) groups is 1. The van der Waals surface area contributed by atoms with Crippen LogP contribution in [0.2, 0.25) is 0 Å². The summed E-state index contributed by atoms with van der Waals surface area (Å²) in [5.41, 5.74) is 3.14. The summed E-state index contributed by atoms with van der Waals surface area (Å²) < 4.78 is 0. The monoisotopic (exact) mass is 315 g/mol. The average Bonchev–Trinajstić information content (AvgIpc) is 2.53. The normalized spacial score (nSPS) is 19.4. The first kappa shape index (κ1) is 18.0. The zero-order valence-corrected chi connectivity index (χ0v) is 15.0. The van der Waals surface area contributed by atoms with Crippen LogP contribution in [-0.4, -0.2) is 18.4 Å². The third-order valence-electron chi connectivity index (χ3n) is 5.27. The van der Waals surface area contributed by atoms with E-state index >= 15 is 0 Å². The Morgan fingerprint density at radius 3 is 1.96 bits per heavy atom. The van der Waals surface area contributed by atoms with E-state index in [1.54, 1.807) is 13.3 Å². The molecule has 0 heterocycles. The molecule has 1 saturated carbocycles. The van der Waals surface area contributed by atoms with Gasteiger partial charge >= 0.3 is 0 Å². The molecular formula is C21H33NO. The molecule has 1 aliphatic rings. The summed E-state index contributed by atoms with van der Waals surface area (Å²) in [5, 5.41) is 10.8. The molecule has 1 N–H and O–H groups in total. The van der Waals surface area contributed by atoms with Crippen molar-refractivity contribution in [3.8, 4) is 5.75 Å². The van der Waals surface area contributed by atoms with Gasteiger partial charge in [0.1, 0.15) is 5.75 Å². The summed E-state index contributed by atoms with van der Waals surface area (Å²) in [4.78, 5) is 4.11. The molecule has 0 bridgehead atoms. The molecule has 2 heteroatoms. The molecule has 1 fully saturated rings. The van der Waals surface area contributed by atoms with Gasteiger partial charge in [-0.15, -0.1) is 0 Å². The molecule has 0 amide bonds. The molecule has 23 heavy (non-hydrogen) atoms. The second-order valence-electron chi connectivity index (χ2n) is 7.08. The zero-order chi connectivity index (χ0) is 16.5. The van der Waals surface area contributed by atoms with Crippen molar-refractivity contribution in [2.45, 2.75) is 83.5 Å². The summed E-state index contributed by atoms with van der Waals surface area (Å²) >= 11 is 0. The molecule has 1 aliphatic carbocycles. The maximum absolute atomic E-state index is 10.8. The van der Waals surface area contributed by atoms with E-state index < -0.39 is 0 Å². The van der Waals surface area contributed by atoms with Crippen molar-refractivity contribution in [1.29, 1.82) is 0 Å². The lowest BCUT2D eigenvalue weighted by Gasteiger charge is -2.21. The molecule has 128 valence electrons. The fourth-order valence-electron chi connectivity index (χ4n) is 3.82. The van der Waals surface area contributed by atoms with Gasteiger partial charge in [0.15, 0.2) is 0 Å². The van der Waals surface area contributed by atoms with Gasteiger partial charge in [0.05, 0.1) is 0 Å². The number of aryl methyl sites for hydroxylation is 1. The van der Waals surface area contributed by atoms with Crippen LogP contribution in [0, 0.1) is 6.92 Å². The lowest BCUT2D eigenvalue weighted by molar-refractivity contribution is 0.432. The van der Waals surface area contributed by atoms with E-state index in [4.69, 9.17) is 0 Å². The maximum atomic E-state index is 10.8. The topological polar surface area (TPSA) is 32.6 Å². The fourth-order valence-corrected chi connectivity index (χ4v) is 3.82. The highest BCUT2D eigenvalue weighted by atomic mass is 16.3. The third-order valence-corrected chi connectivity index (χ3v) is 5.27. The van der Waals surface area contributed by atoms with Gasteiger partial charge in [0.2, 0.25) is 0 Å². The standard InChI is InChI=1S/C21H33NO/c1-17-14-15-19(21(23)20(17)16-22-2)18-12-10-8-6-4-3-5-7-9-11-13-18/h14-16,18,23H,3-13H2,1-2H3. The van der Waals surface area contributed by atoms with Crippen LogP contribution in [-0.2, 0) is 0 Å². The van der Waals surface area contributed by atoms with Crippen molar-refractivity contribution in [3.63, 3.8) is 0 Å². The smallest absolute Gasteiger partial charge is 0.128 e. The second-order valence-corrected chi connectivity index (χ2v) is 7.08. The van der Waals surface area contributed by atoms with E-state index in [2.05, 4.69) is 17.1 Å². The highest BCUT2D eigenvalue weighted by Crippen LogP contribution is 2.37. The van der Waals surface area contributed by atoms with E-state index in [1.807, 2.05) is 6.92 Å². The van der Waals surface area contributed by atoms with Crippen molar-refractivity contribution in [2.75, 3.05) is 7.05 Å². The Morgan fingerprint density at radius 2 is 1.43 bits per heavy atom. The number of phenols is 1. The van der Waals surface area contributed by atoms with Gasteiger partial charge in [-0.3, -0.25) is 4.99 Å². The lowest BCUT2D eigenvalue weighted by atomic mass is 9.85. The van der Waals surface area contributed by atoms with Crippen LogP contribution in [0.1, 0.15) is 93.2 Å².